The fourth-order valence-electron chi connectivity index (χ4n) is 2.26. The van der Waals surface area contributed by atoms with E-state index < -0.39 is 0 Å². The molecule has 4 heteroatoms. The average Bonchev–Trinajstić information content (AvgIpc) is 2.84. The van der Waals surface area contributed by atoms with Crippen molar-refractivity contribution in [2.45, 2.75) is 37.1 Å². The maximum absolute atomic E-state index is 5.12. The zero-order valence-electron chi connectivity index (χ0n) is 10.5. The summed E-state index contributed by atoms with van der Waals surface area (Å²) in [6.45, 7) is 0.836. The van der Waals surface area contributed by atoms with Crippen LogP contribution in [-0.2, 0) is 6.54 Å². The van der Waals surface area contributed by atoms with Crippen molar-refractivity contribution in [2.24, 2.45) is 0 Å². The van der Waals surface area contributed by atoms with Crippen LogP contribution in [0.15, 0.2) is 18.2 Å². The molecule has 1 saturated carbocycles. The summed E-state index contributed by atoms with van der Waals surface area (Å²) in [5, 5.41) is 4.42. The van der Waals surface area contributed by atoms with Gasteiger partial charge in [0.15, 0.2) is 0 Å². The zero-order valence-corrected chi connectivity index (χ0v) is 11.3. The maximum atomic E-state index is 5.12. The van der Waals surface area contributed by atoms with Crippen LogP contribution in [0.1, 0.15) is 25.0 Å². The Labute approximate surface area is 107 Å². The third-order valence-electron chi connectivity index (χ3n) is 3.28. The molecule has 2 rings (SSSR count). The minimum atomic E-state index is 0.653. The van der Waals surface area contributed by atoms with Crippen molar-refractivity contribution >= 4 is 11.8 Å². The maximum Gasteiger partial charge on any atom is 0.213 e. The summed E-state index contributed by atoms with van der Waals surface area (Å²) < 4.78 is 5.12. The summed E-state index contributed by atoms with van der Waals surface area (Å²) in [5.41, 5.74) is 1.05. The second-order valence-electron chi connectivity index (χ2n) is 4.42. The number of ether oxygens (including phenoxy) is 1. The summed E-state index contributed by atoms with van der Waals surface area (Å²) in [4.78, 5) is 4.40. The van der Waals surface area contributed by atoms with Crippen molar-refractivity contribution < 1.29 is 4.74 Å². The molecule has 17 heavy (non-hydrogen) atoms. The Morgan fingerprint density at radius 3 is 3.06 bits per heavy atom. The molecule has 0 aliphatic heterocycles. The summed E-state index contributed by atoms with van der Waals surface area (Å²) in [6, 6.07) is 6.56. The highest BCUT2D eigenvalue weighted by Gasteiger charge is 2.23. The van der Waals surface area contributed by atoms with Crippen molar-refractivity contribution in [3.8, 4) is 5.88 Å². The highest BCUT2D eigenvalue weighted by Crippen LogP contribution is 2.28. The van der Waals surface area contributed by atoms with Gasteiger partial charge in [0, 0.05) is 23.9 Å². The van der Waals surface area contributed by atoms with Crippen molar-refractivity contribution in [2.75, 3.05) is 13.4 Å². The van der Waals surface area contributed by atoms with Crippen LogP contribution in [-0.4, -0.2) is 29.6 Å². The summed E-state index contributed by atoms with van der Waals surface area (Å²) in [7, 11) is 1.65. The van der Waals surface area contributed by atoms with E-state index in [1.54, 1.807) is 7.11 Å². The lowest BCUT2D eigenvalue weighted by molar-refractivity contribution is 0.395. The minimum absolute atomic E-state index is 0.653. The zero-order chi connectivity index (χ0) is 12.1. The van der Waals surface area contributed by atoms with Gasteiger partial charge < -0.3 is 10.1 Å². The standard InChI is InChI=1S/C13H20N2OS/c1-16-13-5-3-4-11(15-13)9-14-10-6-7-12(8-10)17-2/h3-5,10,12,14H,6-9H2,1-2H3. The van der Waals surface area contributed by atoms with E-state index in [1.165, 1.54) is 19.3 Å². The summed E-state index contributed by atoms with van der Waals surface area (Å²) in [6.07, 6.45) is 6.11. The molecule has 1 aromatic rings. The van der Waals surface area contributed by atoms with Crippen molar-refractivity contribution in [1.29, 1.82) is 0 Å². The van der Waals surface area contributed by atoms with Crippen LogP contribution >= 0.6 is 11.8 Å². The molecule has 0 radical (unpaired) electrons. The number of nitrogens with zero attached hydrogens (tertiary/aromatic N) is 1. The van der Waals surface area contributed by atoms with Gasteiger partial charge in [-0.3, -0.25) is 0 Å². The Morgan fingerprint density at radius 2 is 2.35 bits per heavy atom. The molecule has 1 fully saturated rings. The Morgan fingerprint density at radius 1 is 1.47 bits per heavy atom. The second kappa shape index (κ2) is 6.26. The van der Waals surface area contributed by atoms with Gasteiger partial charge in [0.1, 0.15) is 0 Å². The Bertz CT molecular complexity index is 359. The van der Waals surface area contributed by atoms with Crippen LogP contribution in [0.5, 0.6) is 5.88 Å². The van der Waals surface area contributed by atoms with E-state index >= 15 is 0 Å². The van der Waals surface area contributed by atoms with Gasteiger partial charge in [-0.2, -0.15) is 11.8 Å². The SMILES string of the molecule is COc1cccc(CNC2CCC(SC)C2)n1. The molecular weight excluding hydrogens is 232 g/mol. The number of methoxy groups -OCH3 is 1. The molecule has 0 amide bonds. The largest absolute Gasteiger partial charge is 0.481 e. The van der Waals surface area contributed by atoms with Crippen LogP contribution < -0.4 is 10.1 Å². The van der Waals surface area contributed by atoms with E-state index in [-0.39, 0.29) is 0 Å². The Hall–Kier alpha value is -0.740. The van der Waals surface area contributed by atoms with Gasteiger partial charge in [-0.15, -0.1) is 0 Å². The molecule has 1 aliphatic carbocycles. The molecule has 0 aromatic carbocycles. The van der Waals surface area contributed by atoms with Crippen LogP contribution in [0.2, 0.25) is 0 Å². The fourth-order valence-corrected chi connectivity index (χ4v) is 3.05. The van der Waals surface area contributed by atoms with Crippen molar-refractivity contribution in [3.05, 3.63) is 23.9 Å². The first-order chi connectivity index (χ1) is 8.31. The van der Waals surface area contributed by atoms with Crippen LogP contribution in [0.4, 0.5) is 0 Å². The number of hydrogen-bond acceptors (Lipinski definition) is 4. The van der Waals surface area contributed by atoms with Gasteiger partial charge in [-0.1, -0.05) is 6.07 Å². The van der Waals surface area contributed by atoms with E-state index in [0.29, 0.717) is 11.9 Å². The number of rotatable bonds is 5. The molecule has 0 saturated heterocycles. The van der Waals surface area contributed by atoms with Crippen LogP contribution in [0, 0.1) is 0 Å². The highest BCUT2D eigenvalue weighted by atomic mass is 32.2. The van der Waals surface area contributed by atoms with E-state index in [2.05, 4.69) is 16.6 Å². The van der Waals surface area contributed by atoms with Crippen molar-refractivity contribution in [3.63, 3.8) is 0 Å². The fraction of sp³-hybridized carbons (Fsp3) is 0.615. The molecule has 1 N–H and O–H groups in total. The lowest BCUT2D eigenvalue weighted by Gasteiger charge is -2.12. The van der Waals surface area contributed by atoms with E-state index in [9.17, 15) is 0 Å². The molecule has 2 unspecified atom stereocenters. The van der Waals surface area contributed by atoms with Gasteiger partial charge in [-0.25, -0.2) is 4.98 Å². The number of nitrogens with one attached hydrogen (secondary N) is 1. The number of hydrogen-bond donors (Lipinski definition) is 1. The molecule has 94 valence electrons. The monoisotopic (exact) mass is 252 g/mol. The minimum Gasteiger partial charge on any atom is -0.481 e. The lowest BCUT2D eigenvalue weighted by atomic mass is 10.2. The molecule has 2 atom stereocenters. The average molecular weight is 252 g/mol. The summed E-state index contributed by atoms with van der Waals surface area (Å²) >= 11 is 1.99. The predicted octanol–water partition coefficient (Wildman–Crippen LogP) is 2.46. The van der Waals surface area contributed by atoms with E-state index in [1.807, 2.05) is 30.0 Å². The first-order valence-electron chi connectivity index (χ1n) is 6.08. The smallest absolute Gasteiger partial charge is 0.213 e. The second-order valence-corrected chi connectivity index (χ2v) is 5.56. The normalized spacial score (nSPS) is 23.9. The molecule has 1 aliphatic rings. The number of thioether (sulfide) groups is 1. The predicted molar refractivity (Wildman–Crippen MR) is 72.6 cm³/mol. The Kier molecular flexibility index (Phi) is 4.68. The summed E-state index contributed by atoms with van der Waals surface area (Å²) in [5.74, 6) is 0.692. The van der Waals surface area contributed by atoms with Gasteiger partial charge in [0.2, 0.25) is 5.88 Å². The third kappa shape index (κ3) is 3.61. The third-order valence-corrected chi connectivity index (χ3v) is 4.37. The molecule has 0 spiro atoms. The van der Waals surface area contributed by atoms with Gasteiger partial charge >= 0.3 is 0 Å². The molecule has 1 heterocycles. The van der Waals surface area contributed by atoms with Gasteiger partial charge in [0.05, 0.1) is 12.8 Å². The molecule has 1 aromatic heterocycles. The first kappa shape index (κ1) is 12.7. The lowest BCUT2D eigenvalue weighted by Crippen LogP contribution is -2.26. The first-order valence-corrected chi connectivity index (χ1v) is 7.36. The van der Waals surface area contributed by atoms with Crippen molar-refractivity contribution in [1.82, 2.24) is 10.3 Å². The van der Waals surface area contributed by atoms with Crippen LogP contribution in [0.3, 0.4) is 0 Å². The molecule has 3 nitrogen and oxygen atoms in total. The van der Waals surface area contributed by atoms with Gasteiger partial charge in [-0.05, 0) is 31.6 Å². The van der Waals surface area contributed by atoms with Crippen LogP contribution in [0.25, 0.3) is 0 Å². The number of pyridine rings is 1. The molecular formula is C13H20N2OS. The quantitative estimate of drug-likeness (QED) is 0.873. The van der Waals surface area contributed by atoms with Gasteiger partial charge in [0.25, 0.3) is 0 Å². The number of aromatic nitrogens is 1. The van der Waals surface area contributed by atoms with E-state index in [0.717, 1.165) is 17.5 Å². The topological polar surface area (TPSA) is 34.1 Å². The Balaban J connectivity index is 1.81. The molecule has 0 bridgehead atoms. The highest BCUT2D eigenvalue weighted by molar-refractivity contribution is 7.99. The van der Waals surface area contributed by atoms with E-state index in [4.69, 9.17) is 4.74 Å².